The van der Waals surface area contributed by atoms with E-state index in [1.807, 2.05) is 78.9 Å². The number of carbonyl (C=O) groups excluding carboxylic acids is 2. The number of hydrazine groups is 1. The number of carbonyl (C=O) groups is 2. The lowest BCUT2D eigenvalue weighted by Gasteiger charge is -2.12. The number of hydrogen-bond acceptors (Lipinski definition) is 4. The predicted octanol–water partition coefficient (Wildman–Crippen LogP) is 3.10. The van der Waals surface area contributed by atoms with Crippen LogP contribution in [-0.2, 0) is 20.9 Å². The molecule has 3 aromatic carbocycles. The van der Waals surface area contributed by atoms with Crippen molar-refractivity contribution in [3.05, 3.63) is 90.5 Å². The number of ether oxygens (including phenoxy) is 2. The minimum atomic E-state index is -0.468. The van der Waals surface area contributed by atoms with E-state index in [0.29, 0.717) is 12.4 Å². The SMILES string of the molecule is O=C(COCc1ccccc1)NNC(=O)COc1ccccc1-c1ccccc1. The van der Waals surface area contributed by atoms with Gasteiger partial charge in [0.25, 0.3) is 11.8 Å². The van der Waals surface area contributed by atoms with E-state index in [2.05, 4.69) is 10.9 Å². The van der Waals surface area contributed by atoms with Crippen molar-refractivity contribution < 1.29 is 19.1 Å². The van der Waals surface area contributed by atoms with Crippen LogP contribution in [0.3, 0.4) is 0 Å². The molecule has 0 bridgehead atoms. The van der Waals surface area contributed by atoms with E-state index in [1.165, 1.54) is 0 Å². The van der Waals surface area contributed by atoms with Crippen molar-refractivity contribution >= 4 is 11.8 Å². The van der Waals surface area contributed by atoms with Gasteiger partial charge in [0.2, 0.25) is 0 Å². The molecule has 2 amide bonds. The van der Waals surface area contributed by atoms with Crippen molar-refractivity contribution in [2.24, 2.45) is 0 Å². The lowest BCUT2D eigenvalue weighted by Crippen LogP contribution is -2.45. The van der Waals surface area contributed by atoms with E-state index >= 15 is 0 Å². The fourth-order valence-electron chi connectivity index (χ4n) is 2.64. The van der Waals surface area contributed by atoms with Gasteiger partial charge in [-0.05, 0) is 17.2 Å². The highest BCUT2D eigenvalue weighted by atomic mass is 16.5. The third-order valence-corrected chi connectivity index (χ3v) is 4.02. The zero-order valence-corrected chi connectivity index (χ0v) is 15.8. The second-order valence-electron chi connectivity index (χ2n) is 6.23. The molecule has 6 nitrogen and oxygen atoms in total. The number of benzene rings is 3. The van der Waals surface area contributed by atoms with Gasteiger partial charge in [-0.1, -0.05) is 78.9 Å². The van der Waals surface area contributed by atoms with Crippen LogP contribution in [0.1, 0.15) is 5.56 Å². The fraction of sp³-hybridized carbons (Fsp3) is 0.130. The van der Waals surface area contributed by atoms with Gasteiger partial charge in [0.1, 0.15) is 12.4 Å². The first-order valence-corrected chi connectivity index (χ1v) is 9.19. The highest BCUT2D eigenvalue weighted by molar-refractivity contribution is 5.83. The van der Waals surface area contributed by atoms with Crippen LogP contribution in [0.2, 0.25) is 0 Å². The minimum Gasteiger partial charge on any atom is -0.483 e. The fourth-order valence-corrected chi connectivity index (χ4v) is 2.64. The van der Waals surface area contributed by atoms with Crippen LogP contribution in [0.4, 0.5) is 0 Å². The van der Waals surface area contributed by atoms with Crippen LogP contribution < -0.4 is 15.6 Å². The smallest absolute Gasteiger partial charge is 0.276 e. The average Bonchev–Trinajstić information content (AvgIpc) is 2.78. The normalized spacial score (nSPS) is 10.2. The molecular formula is C23H22N2O4. The maximum absolute atomic E-state index is 12.0. The summed E-state index contributed by atoms with van der Waals surface area (Å²) in [5.74, 6) is -0.324. The number of nitrogens with one attached hydrogen (secondary N) is 2. The molecule has 3 rings (SSSR count). The standard InChI is InChI=1S/C23H22N2O4/c26-22(16-28-15-18-9-3-1-4-10-18)24-25-23(27)17-29-21-14-8-7-13-20(21)19-11-5-2-6-12-19/h1-14H,15-17H2,(H,24,26)(H,25,27). The first-order valence-electron chi connectivity index (χ1n) is 9.19. The average molecular weight is 390 g/mol. The molecule has 0 unspecified atom stereocenters. The van der Waals surface area contributed by atoms with Crippen molar-refractivity contribution in [3.63, 3.8) is 0 Å². The van der Waals surface area contributed by atoms with Crippen LogP contribution in [-0.4, -0.2) is 25.0 Å². The Bertz CT molecular complexity index is 930. The summed E-state index contributed by atoms with van der Waals surface area (Å²) < 4.78 is 10.9. The molecule has 0 saturated heterocycles. The summed E-state index contributed by atoms with van der Waals surface area (Å²) in [4.78, 5) is 23.7. The molecular weight excluding hydrogens is 368 g/mol. The molecule has 0 aromatic heterocycles. The Morgan fingerprint density at radius 1 is 0.690 bits per heavy atom. The number of amides is 2. The molecule has 2 N–H and O–H groups in total. The monoisotopic (exact) mass is 390 g/mol. The Kier molecular flexibility index (Phi) is 7.37. The minimum absolute atomic E-state index is 0.160. The summed E-state index contributed by atoms with van der Waals surface area (Å²) in [6, 6.07) is 26.7. The van der Waals surface area contributed by atoms with E-state index in [0.717, 1.165) is 16.7 Å². The molecule has 6 heteroatoms. The Morgan fingerprint density at radius 3 is 2.00 bits per heavy atom. The third kappa shape index (κ3) is 6.48. The summed E-state index contributed by atoms with van der Waals surface area (Å²) in [7, 11) is 0. The Morgan fingerprint density at radius 2 is 1.28 bits per heavy atom. The van der Waals surface area contributed by atoms with E-state index < -0.39 is 11.8 Å². The number of para-hydroxylation sites is 1. The topological polar surface area (TPSA) is 76.7 Å². The molecule has 0 atom stereocenters. The lowest BCUT2D eigenvalue weighted by molar-refractivity contribution is -0.132. The zero-order valence-electron chi connectivity index (χ0n) is 15.8. The number of hydrogen-bond donors (Lipinski definition) is 2. The largest absolute Gasteiger partial charge is 0.483 e. The highest BCUT2D eigenvalue weighted by Gasteiger charge is 2.09. The van der Waals surface area contributed by atoms with Crippen LogP contribution in [0, 0.1) is 0 Å². The van der Waals surface area contributed by atoms with E-state index in [-0.39, 0.29) is 13.2 Å². The van der Waals surface area contributed by atoms with Crippen LogP contribution in [0.25, 0.3) is 11.1 Å². The van der Waals surface area contributed by atoms with E-state index in [9.17, 15) is 9.59 Å². The zero-order chi connectivity index (χ0) is 20.3. The molecule has 0 fully saturated rings. The summed E-state index contributed by atoms with van der Waals surface area (Å²) in [6.45, 7) is -0.0660. The molecule has 0 aliphatic carbocycles. The van der Waals surface area contributed by atoms with E-state index in [4.69, 9.17) is 9.47 Å². The maximum atomic E-state index is 12.0. The first kappa shape index (κ1) is 20.1. The van der Waals surface area contributed by atoms with Crippen molar-refractivity contribution in [2.45, 2.75) is 6.61 Å². The van der Waals surface area contributed by atoms with Crippen LogP contribution in [0.5, 0.6) is 5.75 Å². The van der Waals surface area contributed by atoms with Gasteiger partial charge in [0.15, 0.2) is 6.61 Å². The van der Waals surface area contributed by atoms with Crippen LogP contribution >= 0.6 is 0 Å². The molecule has 0 spiro atoms. The second-order valence-corrected chi connectivity index (χ2v) is 6.23. The summed E-state index contributed by atoms with van der Waals surface area (Å²) in [5.41, 5.74) is 7.47. The Hall–Kier alpha value is -3.64. The second kappa shape index (κ2) is 10.6. The quantitative estimate of drug-likeness (QED) is 0.580. The Labute approximate surface area is 169 Å². The summed E-state index contributed by atoms with van der Waals surface area (Å²) >= 11 is 0. The Balaban J connectivity index is 1.41. The summed E-state index contributed by atoms with van der Waals surface area (Å²) in [6.07, 6.45) is 0. The molecule has 0 heterocycles. The molecule has 29 heavy (non-hydrogen) atoms. The molecule has 0 radical (unpaired) electrons. The van der Waals surface area contributed by atoms with Crippen molar-refractivity contribution in [1.82, 2.24) is 10.9 Å². The molecule has 148 valence electrons. The van der Waals surface area contributed by atoms with Gasteiger partial charge in [-0.2, -0.15) is 0 Å². The predicted molar refractivity (Wildman–Crippen MR) is 110 cm³/mol. The molecule has 0 saturated carbocycles. The van der Waals surface area contributed by atoms with Gasteiger partial charge >= 0.3 is 0 Å². The van der Waals surface area contributed by atoms with Crippen LogP contribution in [0.15, 0.2) is 84.9 Å². The van der Waals surface area contributed by atoms with Gasteiger partial charge in [0, 0.05) is 5.56 Å². The van der Waals surface area contributed by atoms with Gasteiger partial charge in [-0.15, -0.1) is 0 Å². The van der Waals surface area contributed by atoms with Gasteiger partial charge in [-0.3, -0.25) is 20.4 Å². The van der Waals surface area contributed by atoms with Gasteiger partial charge < -0.3 is 9.47 Å². The number of rotatable bonds is 8. The van der Waals surface area contributed by atoms with Crippen molar-refractivity contribution in [3.8, 4) is 16.9 Å². The molecule has 0 aliphatic rings. The van der Waals surface area contributed by atoms with Gasteiger partial charge in [-0.25, -0.2) is 0 Å². The highest BCUT2D eigenvalue weighted by Crippen LogP contribution is 2.29. The summed E-state index contributed by atoms with van der Waals surface area (Å²) in [5, 5.41) is 0. The maximum Gasteiger partial charge on any atom is 0.276 e. The van der Waals surface area contributed by atoms with Crippen molar-refractivity contribution in [1.29, 1.82) is 0 Å². The third-order valence-electron chi connectivity index (χ3n) is 4.02. The first-order chi connectivity index (χ1) is 14.2. The molecule has 3 aromatic rings. The van der Waals surface area contributed by atoms with Gasteiger partial charge in [0.05, 0.1) is 6.61 Å². The van der Waals surface area contributed by atoms with Crippen molar-refractivity contribution in [2.75, 3.05) is 13.2 Å². The molecule has 0 aliphatic heterocycles. The lowest BCUT2D eigenvalue weighted by atomic mass is 10.1. The van der Waals surface area contributed by atoms with E-state index in [1.54, 1.807) is 6.07 Å².